The highest BCUT2D eigenvalue weighted by molar-refractivity contribution is 5.13. The topological polar surface area (TPSA) is 3.24 Å². The third-order valence-corrected chi connectivity index (χ3v) is 5.19. The van der Waals surface area contributed by atoms with Crippen molar-refractivity contribution >= 4 is 0 Å². The van der Waals surface area contributed by atoms with Gasteiger partial charge >= 0.3 is 0 Å². The van der Waals surface area contributed by atoms with E-state index in [1.807, 2.05) is 0 Å². The van der Waals surface area contributed by atoms with E-state index in [1.54, 1.807) is 0 Å². The summed E-state index contributed by atoms with van der Waals surface area (Å²) in [6.07, 6.45) is 7.83. The van der Waals surface area contributed by atoms with Crippen molar-refractivity contribution in [2.45, 2.75) is 72.8 Å². The van der Waals surface area contributed by atoms with Gasteiger partial charge in [-0.1, -0.05) is 58.0 Å². The van der Waals surface area contributed by atoms with E-state index >= 15 is 0 Å². The van der Waals surface area contributed by atoms with Crippen molar-refractivity contribution in [2.24, 2.45) is 0 Å². The highest BCUT2D eigenvalue weighted by Crippen LogP contribution is 2.19. The molecule has 0 radical (unpaired) electrons. The minimum Gasteiger partial charge on any atom is -0.320 e. The highest BCUT2D eigenvalue weighted by Gasteiger charge is 2.25. The second kappa shape index (κ2) is 13.4. The largest absolute Gasteiger partial charge is 0.320 e. The number of benzene rings is 1. The van der Waals surface area contributed by atoms with Crippen LogP contribution in [-0.4, -0.2) is 48.7 Å². The molecule has 0 bridgehead atoms. The lowest BCUT2D eigenvalue weighted by molar-refractivity contribution is -0.941. The van der Waals surface area contributed by atoms with Crippen molar-refractivity contribution in [3.05, 3.63) is 35.9 Å². The molecule has 1 aromatic rings. The Morgan fingerprint density at radius 3 is 1.80 bits per heavy atom. The Labute approximate surface area is 157 Å². The van der Waals surface area contributed by atoms with E-state index in [4.69, 9.17) is 0 Å². The summed E-state index contributed by atoms with van der Waals surface area (Å²) in [5.41, 5.74) is 1.50. The van der Waals surface area contributed by atoms with E-state index in [1.165, 1.54) is 94.4 Å². The third-order valence-electron chi connectivity index (χ3n) is 5.19. The summed E-state index contributed by atoms with van der Waals surface area (Å²) < 4.78 is 1.28. The average Bonchev–Trinajstić information content (AvgIpc) is 2.60. The molecular weight excluding hydrogens is 304 g/mol. The minimum absolute atomic E-state index is 1.20. The summed E-state index contributed by atoms with van der Waals surface area (Å²) in [4.78, 5) is 2.66. The van der Waals surface area contributed by atoms with Crippen LogP contribution in [0.1, 0.15) is 71.8 Å². The molecule has 0 spiro atoms. The molecule has 2 nitrogen and oxygen atoms in total. The zero-order chi connectivity index (χ0) is 18.4. The zero-order valence-electron chi connectivity index (χ0n) is 17.5. The van der Waals surface area contributed by atoms with Crippen molar-refractivity contribution in [3.8, 4) is 0 Å². The van der Waals surface area contributed by atoms with Gasteiger partial charge in [-0.05, 0) is 58.2 Å². The Morgan fingerprint density at radius 1 is 0.680 bits per heavy atom. The number of hydrogen-bond donors (Lipinski definition) is 0. The molecule has 2 heteroatoms. The van der Waals surface area contributed by atoms with Crippen LogP contribution in [0, 0.1) is 0 Å². The molecule has 1 rings (SSSR count). The fourth-order valence-electron chi connectivity index (χ4n) is 4.24. The van der Waals surface area contributed by atoms with Gasteiger partial charge in [0.2, 0.25) is 0 Å². The SMILES string of the molecule is CCCN(CCC)CCCC[N+](CCC)(CCC)Cc1ccccc1. The molecule has 144 valence electrons. The van der Waals surface area contributed by atoms with Gasteiger partial charge in [-0.2, -0.15) is 0 Å². The van der Waals surface area contributed by atoms with Gasteiger partial charge in [-0.3, -0.25) is 0 Å². The molecule has 0 aliphatic carbocycles. The first kappa shape index (κ1) is 22.2. The fourth-order valence-corrected chi connectivity index (χ4v) is 4.24. The second-order valence-corrected chi connectivity index (χ2v) is 7.70. The molecule has 0 aromatic heterocycles. The summed E-state index contributed by atoms with van der Waals surface area (Å²) in [6, 6.07) is 11.1. The lowest BCUT2D eigenvalue weighted by Gasteiger charge is -2.39. The second-order valence-electron chi connectivity index (χ2n) is 7.70. The number of nitrogens with zero attached hydrogens (tertiary/aromatic N) is 2. The van der Waals surface area contributed by atoms with Crippen molar-refractivity contribution < 1.29 is 4.48 Å². The number of quaternary nitrogens is 1. The maximum absolute atomic E-state index is 2.66. The molecule has 0 unspecified atom stereocenters. The van der Waals surface area contributed by atoms with Crippen molar-refractivity contribution in [3.63, 3.8) is 0 Å². The van der Waals surface area contributed by atoms with Gasteiger partial charge in [-0.25, -0.2) is 0 Å². The van der Waals surface area contributed by atoms with Crippen molar-refractivity contribution in [1.29, 1.82) is 0 Å². The van der Waals surface area contributed by atoms with Gasteiger partial charge in [0.05, 0.1) is 19.6 Å². The highest BCUT2D eigenvalue weighted by atomic mass is 15.3. The summed E-state index contributed by atoms with van der Waals surface area (Å²) in [6.45, 7) is 18.3. The fraction of sp³-hybridized carbons (Fsp3) is 0.739. The Bertz CT molecular complexity index is 403. The molecule has 0 atom stereocenters. The lowest BCUT2D eigenvalue weighted by atomic mass is 10.1. The minimum atomic E-state index is 1.20. The predicted molar refractivity (Wildman–Crippen MR) is 112 cm³/mol. The van der Waals surface area contributed by atoms with E-state index < -0.39 is 0 Å². The van der Waals surface area contributed by atoms with E-state index in [0.29, 0.717) is 0 Å². The Hall–Kier alpha value is -0.860. The smallest absolute Gasteiger partial charge is 0.104 e. The maximum Gasteiger partial charge on any atom is 0.104 e. The van der Waals surface area contributed by atoms with Crippen LogP contribution in [0.15, 0.2) is 30.3 Å². The quantitative estimate of drug-likeness (QED) is 0.289. The van der Waals surface area contributed by atoms with Crippen LogP contribution < -0.4 is 0 Å². The van der Waals surface area contributed by atoms with E-state index in [0.717, 1.165) is 0 Å². The van der Waals surface area contributed by atoms with Crippen LogP contribution in [0.5, 0.6) is 0 Å². The zero-order valence-corrected chi connectivity index (χ0v) is 17.5. The van der Waals surface area contributed by atoms with Crippen LogP contribution in [0.2, 0.25) is 0 Å². The number of hydrogen-bond acceptors (Lipinski definition) is 1. The molecule has 25 heavy (non-hydrogen) atoms. The van der Waals surface area contributed by atoms with Crippen molar-refractivity contribution in [1.82, 2.24) is 4.90 Å². The van der Waals surface area contributed by atoms with Gasteiger partial charge in [0.1, 0.15) is 6.54 Å². The van der Waals surface area contributed by atoms with Gasteiger partial charge in [-0.15, -0.1) is 0 Å². The van der Waals surface area contributed by atoms with E-state index in [9.17, 15) is 0 Å². The van der Waals surface area contributed by atoms with Crippen LogP contribution in [0.4, 0.5) is 0 Å². The Morgan fingerprint density at radius 2 is 1.28 bits per heavy atom. The number of rotatable bonds is 15. The molecule has 0 aliphatic heterocycles. The molecule has 0 amide bonds. The van der Waals surface area contributed by atoms with Crippen molar-refractivity contribution in [2.75, 3.05) is 39.3 Å². The summed E-state index contributed by atoms with van der Waals surface area (Å²) in [7, 11) is 0. The average molecular weight is 348 g/mol. The van der Waals surface area contributed by atoms with Crippen LogP contribution in [-0.2, 0) is 6.54 Å². The molecule has 0 heterocycles. The van der Waals surface area contributed by atoms with E-state index in [2.05, 4.69) is 62.9 Å². The summed E-state index contributed by atoms with van der Waals surface area (Å²) in [5.74, 6) is 0. The van der Waals surface area contributed by atoms with Crippen LogP contribution in [0.25, 0.3) is 0 Å². The van der Waals surface area contributed by atoms with Gasteiger partial charge in [0.15, 0.2) is 0 Å². The first-order valence-corrected chi connectivity index (χ1v) is 10.8. The molecule has 0 N–H and O–H groups in total. The first-order valence-electron chi connectivity index (χ1n) is 10.8. The third kappa shape index (κ3) is 8.87. The predicted octanol–water partition coefficient (Wildman–Crippen LogP) is 5.73. The van der Waals surface area contributed by atoms with Crippen LogP contribution >= 0.6 is 0 Å². The van der Waals surface area contributed by atoms with Crippen LogP contribution in [0.3, 0.4) is 0 Å². The first-order chi connectivity index (χ1) is 12.2. The van der Waals surface area contributed by atoms with Gasteiger partial charge < -0.3 is 9.38 Å². The van der Waals surface area contributed by atoms with Gasteiger partial charge in [0.25, 0.3) is 0 Å². The molecular formula is C23H43N2+. The van der Waals surface area contributed by atoms with Gasteiger partial charge in [0, 0.05) is 5.56 Å². The number of unbranched alkanes of at least 4 members (excludes halogenated alkanes) is 1. The molecule has 0 saturated heterocycles. The Balaban J connectivity index is 2.60. The molecule has 1 aromatic carbocycles. The standard InChI is InChI=1S/C23H43N2/c1-5-16-24(17-6-2)18-12-13-21-25(19-7-3,20-8-4)22-23-14-10-9-11-15-23/h9-11,14-15H,5-8,12-13,16-22H2,1-4H3/q+1. The normalized spacial score (nSPS) is 12.0. The Kier molecular flexibility index (Phi) is 11.9. The monoisotopic (exact) mass is 347 g/mol. The molecule has 0 saturated carbocycles. The molecule has 0 fully saturated rings. The lowest BCUT2D eigenvalue weighted by Crippen LogP contribution is -2.49. The summed E-state index contributed by atoms with van der Waals surface area (Å²) in [5, 5.41) is 0. The van der Waals surface area contributed by atoms with E-state index in [-0.39, 0.29) is 0 Å². The molecule has 0 aliphatic rings. The summed E-state index contributed by atoms with van der Waals surface area (Å²) >= 11 is 0. The maximum atomic E-state index is 2.66.